The molecule has 2 aromatic heterocycles. The lowest BCUT2D eigenvalue weighted by Crippen LogP contribution is -2.19. The summed E-state index contributed by atoms with van der Waals surface area (Å²) in [6.45, 7) is 0. The smallest absolute Gasteiger partial charge is 0.255 e. The van der Waals surface area contributed by atoms with Gasteiger partial charge in [-0.15, -0.1) is 0 Å². The number of nitrogens with zero attached hydrogens (tertiary/aromatic N) is 2. The van der Waals surface area contributed by atoms with Crippen LogP contribution in [0.5, 0.6) is 0 Å². The lowest BCUT2D eigenvalue weighted by molar-refractivity contribution is 0.413. The van der Waals surface area contributed by atoms with E-state index in [0.29, 0.717) is 33.4 Å². The van der Waals surface area contributed by atoms with Gasteiger partial charge in [0.05, 0.1) is 21.8 Å². The molecule has 37 heavy (non-hydrogen) atoms. The van der Waals surface area contributed by atoms with Gasteiger partial charge in [-0.3, -0.25) is 9.36 Å². The van der Waals surface area contributed by atoms with E-state index >= 15 is 0 Å². The van der Waals surface area contributed by atoms with Crippen molar-refractivity contribution in [3.05, 3.63) is 112 Å². The Hall–Kier alpha value is -4.11. The standard InChI is InChI=1S/C28H20F2N2O4S/c29-21-11-20(12-22(30)15-21)18-3-6-27(25(14-18)17-1-2-17)32-26-7-5-24(13-19(26)4-8-28(32)33)37(34,35)16-23-9-10-36-31-23/h3-15,17H,1-2,16H2. The summed E-state index contributed by atoms with van der Waals surface area (Å²) in [5.74, 6) is -1.40. The van der Waals surface area contributed by atoms with Crippen molar-refractivity contribution in [1.29, 1.82) is 0 Å². The fourth-order valence-electron chi connectivity index (χ4n) is 4.64. The van der Waals surface area contributed by atoms with E-state index in [1.165, 1.54) is 36.6 Å². The van der Waals surface area contributed by atoms with E-state index in [2.05, 4.69) is 5.16 Å². The van der Waals surface area contributed by atoms with Crippen molar-refractivity contribution in [1.82, 2.24) is 9.72 Å². The minimum Gasteiger partial charge on any atom is -0.364 e. The summed E-state index contributed by atoms with van der Waals surface area (Å²) in [4.78, 5) is 13.2. The maximum atomic E-state index is 13.8. The van der Waals surface area contributed by atoms with E-state index in [4.69, 9.17) is 4.52 Å². The second kappa shape index (κ2) is 8.77. The minimum atomic E-state index is -3.69. The van der Waals surface area contributed by atoms with Crippen LogP contribution in [0.25, 0.3) is 27.7 Å². The highest BCUT2D eigenvalue weighted by Crippen LogP contribution is 2.44. The van der Waals surface area contributed by atoms with Gasteiger partial charge in [0.2, 0.25) is 0 Å². The largest absolute Gasteiger partial charge is 0.364 e. The monoisotopic (exact) mass is 518 g/mol. The molecular weight excluding hydrogens is 498 g/mol. The van der Waals surface area contributed by atoms with E-state index in [0.717, 1.165) is 24.5 Å². The molecule has 0 radical (unpaired) electrons. The molecule has 9 heteroatoms. The summed E-state index contributed by atoms with van der Waals surface area (Å²) in [6.07, 6.45) is 3.20. The molecule has 1 aliphatic rings. The number of halogens is 2. The van der Waals surface area contributed by atoms with Crippen molar-refractivity contribution in [2.24, 2.45) is 0 Å². The first-order chi connectivity index (χ1) is 17.8. The molecule has 1 fully saturated rings. The summed E-state index contributed by atoms with van der Waals surface area (Å²) >= 11 is 0. The van der Waals surface area contributed by atoms with Crippen LogP contribution >= 0.6 is 0 Å². The zero-order valence-electron chi connectivity index (χ0n) is 19.4. The van der Waals surface area contributed by atoms with Gasteiger partial charge in [0.15, 0.2) is 9.84 Å². The van der Waals surface area contributed by atoms with Crippen molar-refractivity contribution >= 4 is 20.7 Å². The number of hydrogen-bond acceptors (Lipinski definition) is 5. The third kappa shape index (κ3) is 4.46. The summed E-state index contributed by atoms with van der Waals surface area (Å²) in [6, 6.07) is 17.9. The molecule has 1 saturated carbocycles. The van der Waals surface area contributed by atoms with Crippen molar-refractivity contribution in [3.63, 3.8) is 0 Å². The molecule has 0 saturated heterocycles. The Kier molecular flexibility index (Phi) is 5.52. The van der Waals surface area contributed by atoms with Crippen LogP contribution in [0.1, 0.15) is 30.0 Å². The van der Waals surface area contributed by atoms with Gasteiger partial charge in [-0.05, 0) is 84.0 Å². The summed E-state index contributed by atoms with van der Waals surface area (Å²) in [5.41, 5.74) is 3.22. The first kappa shape index (κ1) is 23.3. The summed E-state index contributed by atoms with van der Waals surface area (Å²) in [5, 5.41) is 4.27. The summed E-state index contributed by atoms with van der Waals surface area (Å²) in [7, 11) is -3.69. The Balaban J connectivity index is 1.47. The molecule has 0 amide bonds. The average Bonchev–Trinajstić information content (AvgIpc) is 3.59. The van der Waals surface area contributed by atoms with E-state index in [9.17, 15) is 22.0 Å². The quantitative estimate of drug-likeness (QED) is 0.285. The van der Waals surface area contributed by atoms with Gasteiger partial charge in [-0.2, -0.15) is 0 Å². The van der Waals surface area contributed by atoms with Crippen LogP contribution in [0.3, 0.4) is 0 Å². The number of sulfone groups is 1. The molecule has 0 atom stereocenters. The third-order valence-electron chi connectivity index (χ3n) is 6.54. The molecule has 3 aromatic carbocycles. The van der Waals surface area contributed by atoms with Gasteiger partial charge in [-0.1, -0.05) is 11.2 Å². The zero-order chi connectivity index (χ0) is 25.7. The first-order valence-electron chi connectivity index (χ1n) is 11.7. The molecule has 0 aliphatic heterocycles. The normalized spacial score (nSPS) is 13.8. The lowest BCUT2D eigenvalue weighted by Gasteiger charge is -2.17. The van der Waals surface area contributed by atoms with Crippen molar-refractivity contribution in [2.45, 2.75) is 29.4 Å². The van der Waals surface area contributed by atoms with Crippen LogP contribution in [-0.4, -0.2) is 18.1 Å². The number of benzene rings is 3. The van der Waals surface area contributed by atoms with Gasteiger partial charge in [-0.25, -0.2) is 17.2 Å². The van der Waals surface area contributed by atoms with Crippen LogP contribution in [0.15, 0.2) is 93.3 Å². The van der Waals surface area contributed by atoms with Crippen LogP contribution in [0, 0.1) is 11.6 Å². The predicted octanol–water partition coefficient (Wildman–Crippen LogP) is 5.78. The Bertz CT molecular complexity index is 1810. The molecule has 5 aromatic rings. The molecule has 0 unspecified atom stereocenters. The second-order valence-corrected chi connectivity index (χ2v) is 11.2. The maximum Gasteiger partial charge on any atom is 0.255 e. The van der Waals surface area contributed by atoms with Crippen molar-refractivity contribution in [2.75, 3.05) is 0 Å². The number of rotatable bonds is 6. The summed E-state index contributed by atoms with van der Waals surface area (Å²) < 4.78 is 59.9. The molecule has 0 bridgehead atoms. The Morgan fingerprint density at radius 3 is 2.38 bits per heavy atom. The van der Waals surface area contributed by atoms with Gasteiger partial charge in [0, 0.05) is 23.6 Å². The lowest BCUT2D eigenvalue weighted by atomic mass is 9.98. The minimum absolute atomic E-state index is 0.110. The van der Waals surface area contributed by atoms with Gasteiger partial charge >= 0.3 is 0 Å². The maximum absolute atomic E-state index is 13.8. The number of aromatic nitrogens is 2. The topological polar surface area (TPSA) is 82.2 Å². The number of fused-ring (bicyclic) bond motifs is 1. The molecule has 6 nitrogen and oxygen atoms in total. The zero-order valence-corrected chi connectivity index (χ0v) is 20.2. The highest BCUT2D eigenvalue weighted by Gasteiger charge is 2.28. The molecule has 0 N–H and O–H groups in total. The van der Waals surface area contributed by atoms with Crippen LogP contribution in [0.2, 0.25) is 0 Å². The van der Waals surface area contributed by atoms with Gasteiger partial charge in [0.1, 0.15) is 23.7 Å². The molecule has 1 aliphatic carbocycles. The van der Waals surface area contributed by atoms with Crippen LogP contribution < -0.4 is 5.56 Å². The molecule has 186 valence electrons. The van der Waals surface area contributed by atoms with Crippen LogP contribution in [0.4, 0.5) is 8.78 Å². The molecule has 2 heterocycles. The van der Waals surface area contributed by atoms with Gasteiger partial charge < -0.3 is 4.52 Å². The SMILES string of the molecule is O=c1ccc2cc(S(=O)(=O)Cc3ccon3)ccc2n1-c1ccc(-c2cc(F)cc(F)c2)cc1C1CC1. The predicted molar refractivity (Wildman–Crippen MR) is 134 cm³/mol. The van der Waals surface area contributed by atoms with E-state index in [1.54, 1.807) is 34.9 Å². The molecule has 0 spiro atoms. The van der Waals surface area contributed by atoms with Crippen molar-refractivity contribution in [3.8, 4) is 16.8 Å². The van der Waals surface area contributed by atoms with E-state index in [-0.39, 0.29) is 22.1 Å². The molecular formula is C28H20F2N2O4S. The number of hydrogen-bond donors (Lipinski definition) is 0. The number of pyridine rings is 1. The fraction of sp³-hybridized carbons (Fsp3) is 0.143. The van der Waals surface area contributed by atoms with Crippen molar-refractivity contribution < 1.29 is 21.7 Å². The Labute approximate surface area is 210 Å². The first-order valence-corrected chi connectivity index (χ1v) is 13.3. The Morgan fingerprint density at radius 1 is 0.892 bits per heavy atom. The second-order valence-electron chi connectivity index (χ2n) is 9.18. The average molecular weight is 519 g/mol. The van der Waals surface area contributed by atoms with Gasteiger partial charge in [0.25, 0.3) is 5.56 Å². The highest BCUT2D eigenvalue weighted by molar-refractivity contribution is 7.90. The Morgan fingerprint density at radius 2 is 1.68 bits per heavy atom. The fourth-order valence-corrected chi connectivity index (χ4v) is 5.92. The van der Waals surface area contributed by atoms with E-state index in [1.807, 2.05) is 6.07 Å². The third-order valence-corrected chi connectivity index (χ3v) is 8.18. The van der Waals surface area contributed by atoms with E-state index < -0.39 is 21.5 Å². The van der Waals surface area contributed by atoms with Crippen LogP contribution in [-0.2, 0) is 15.6 Å². The highest BCUT2D eigenvalue weighted by atomic mass is 32.2. The molecule has 6 rings (SSSR count).